The zero-order valence-electron chi connectivity index (χ0n) is 68.0. The first-order chi connectivity index (χ1) is 53.7. The third-order valence-electron chi connectivity index (χ3n) is 24.4. The Kier molecular flexibility index (Phi) is 17.2. The van der Waals surface area contributed by atoms with Crippen LogP contribution in [0.2, 0.25) is 0 Å². The van der Waals surface area contributed by atoms with Crippen LogP contribution in [0.15, 0.2) is 303 Å². The molecule has 0 saturated heterocycles. The fraction of sp³-hybridized carbons (Fsp3) is 0.208. The highest BCUT2D eigenvalue weighted by Gasteiger charge is 2.48. The summed E-state index contributed by atoms with van der Waals surface area (Å²) in [5.41, 5.74) is 41.1. The van der Waals surface area contributed by atoms with Gasteiger partial charge < -0.3 is 19.6 Å². The van der Waals surface area contributed by atoms with Crippen LogP contribution in [-0.4, -0.2) is 13.4 Å². The molecule has 18 rings (SSSR count). The molecule has 4 aliphatic rings. The summed E-state index contributed by atoms with van der Waals surface area (Å²) in [7, 11) is 0. The predicted octanol–water partition coefficient (Wildman–Crippen LogP) is 24.8. The van der Waals surface area contributed by atoms with Gasteiger partial charge in [0.05, 0.1) is 11.4 Å². The van der Waals surface area contributed by atoms with Gasteiger partial charge in [-0.05, 0) is 232 Å². The molecule has 0 saturated carbocycles. The predicted molar refractivity (Wildman–Crippen MR) is 484 cm³/mol. The first kappa shape index (κ1) is 72.0. The molecule has 550 valence electrons. The summed E-state index contributed by atoms with van der Waals surface area (Å²) in [4.78, 5) is 10.6. The third-order valence-corrected chi connectivity index (χ3v) is 24.4. The minimum atomic E-state index is -0.365. The van der Waals surface area contributed by atoms with Crippen molar-refractivity contribution in [2.75, 3.05) is 19.6 Å². The molecule has 0 amide bonds. The van der Waals surface area contributed by atoms with Crippen molar-refractivity contribution in [1.29, 1.82) is 0 Å². The Bertz CT molecular complexity index is 5910. The van der Waals surface area contributed by atoms with Gasteiger partial charge in [-0.2, -0.15) is 0 Å². The van der Waals surface area contributed by atoms with E-state index in [0.717, 1.165) is 12.1 Å². The fourth-order valence-corrected chi connectivity index (χ4v) is 18.6. The van der Waals surface area contributed by atoms with Crippen LogP contribution < -0.4 is 52.4 Å². The number of aryl methyl sites for hydroxylation is 2. The van der Waals surface area contributed by atoms with Crippen molar-refractivity contribution >= 4 is 114 Å². The van der Waals surface area contributed by atoms with E-state index in [2.05, 4.69) is 434 Å². The van der Waals surface area contributed by atoms with Crippen LogP contribution in [0.5, 0.6) is 0 Å². The summed E-state index contributed by atoms with van der Waals surface area (Å²) >= 11 is 0. The SMILES string of the molecule is Cc1cc2c3c(c1)N(c1c(-c4ccccc4)cc(C(C)(C)C)cc1-c1ccccc1)c1ccccc1B3c1cc(CC(C)(C)c3cc(N4c5cc(C(C)(C)C)ccc5B5c6ccc(C(C)(C)C)cc6N(c6c(-c7ccccc7)cccc6-c6ccccc6)c6cc(C)cc4c65)cc(C(C)(C)C)c3)ccc1N2c1ccccc1. The second kappa shape index (κ2) is 26.8. The molecule has 0 aromatic heterocycles. The molecule has 0 atom stereocenters. The highest BCUT2D eigenvalue weighted by molar-refractivity contribution is 7.01. The average molecular weight is 1450 g/mol. The highest BCUT2D eigenvalue weighted by Crippen LogP contribution is 2.55. The lowest BCUT2D eigenvalue weighted by molar-refractivity contribution is 0.517. The van der Waals surface area contributed by atoms with E-state index in [9.17, 15) is 0 Å². The summed E-state index contributed by atoms with van der Waals surface area (Å²) in [6.07, 6.45) is 0.799. The first-order valence-electron chi connectivity index (χ1n) is 40.4. The minimum Gasteiger partial charge on any atom is -0.311 e. The quantitative estimate of drug-likeness (QED) is 0.120. The van der Waals surface area contributed by atoms with E-state index in [4.69, 9.17) is 0 Å². The third kappa shape index (κ3) is 12.3. The van der Waals surface area contributed by atoms with E-state index in [1.807, 2.05) is 0 Å². The van der Waals surface area contributed by atoms with Crippen LogP contribution in [-0.2, 0) is 33.5 Å². The van der Waals surface area contributed by atoms with Crippen molar-refractivity contribution in [2.45, 2.75) is 144 Å². The van der Waals surface area contributed by atoms with Gasteiger partial charge in [-0.1, -0.05) is 315 Å². The van der Waals surface area contributed by atoms with Gasteiger partial charge in [-0.3, -0.25) is 0 Å². The first-order valence-corrected chi connectivity index (χ1v) is 40.4. The number of benzene rings is 14. The van der Waals surface area contributed by atoms with Gasteiger partial charge in [0, 0.05) is 79.1 Å². The lowest BCUT2D eigenvalue weighted by atomic mass is 9.33. The molecule has 0 spiro atoms. The molecule has 6 heteroatoms. The maximum absolute atomic E-state index is 2.69. The molecule has 0 fully saturated rings. The molecule has 14 aromatic carbocycles. The zero-order valence-corrected chi connectivity index (χ0v) is 68.0. The Hall–Kier alpha value is -11.6. The van der Waals surface area contributed by atoms with Crippen molar-refractivity contribution < 1.29 is 0 Å². The van der Waals surface area contributed by atoms with Gasteiger partial charge in [-0.15, -0.1) is 0 Å². The Morgan fingerprint density at radius 1 is 0.241 bits per heavy atom. The summed E-state index contributed by atoms with van der Waals surface area (Å²) in [6, 6.07) is 117. The molecular weight excluding hydrogens is 1350 g/mol. The maximum atomic E-state index is 2.69. The molecule has 0 aliphatic carbocycles. The van der Waals surface area contributed by atoms with E-state index in [1.54, 1.807) is 0 Å². The topological polar surface area (TPSA) is 13.0 Å². The second-order valence-electron chi connectivity index (χ2n) is 36.9. The van der Waals surface area contributed by atoms with Crippen LogP contribution in [0.3, 0.4) is 0 Å². The molecule has 4 heterocycles. The molecule has 14 aromatic rings. The van der Waals surface area contributed by atoms with Crippen LogP contribution in [0.1, 0.15) is 141 Å². The summed E-state index contributed by atoms with van der Waals surface area (Å²) in [6.45, 7) is 37.9. The summed E-state index contributed by atoms with van der Waals surface area (Å²) < 4.78 is 0. The van der Waals surface area contributed by atoms with Crippen molar-refractivity contribution in [3.05, 3.63) is 348 Å². The van der Waals surface area contributed by atoms with Gasteiger partial charge in [0.15, 0.2) is 0 Å². The molecule has 4 nitrogen and oxygen atoms in total. The lowest BCUT2D eigenvalue weighted by Crippen LogP contribution is -2.61. The molecule has 112 heavy (non-hydrogen) atoms. The van der Waals surface area contributed by atoms with Crippen LogP contribution in [0.25, 0.3) is 44.5 Å². The number of hydrogen-bond acceptors (Lipinski definition) is 4. The molecule has 0 N–H and O–H groups in total. The van der Waals surface area contributed by atoms with E-state index in [-0.39, 0.29) is 40.5 Å². The highest BCUT2D eigenvalue weighted by atomic mass is 15.2. The number of rotatable bonds is 11. The van der Waals surface area contributed by atoms with E-state index < -0.39 is 0 Å². The van der Waals surface area contributed by atoms with Gasteiger partial charge in [-0.25, -0.2) is 0 Å². The van der Waals surface area contributed by atoms with Crippen molar-refractivity contribution in [2.24, 2.45) is 0 Å². The Balaban J connectivity index is 0.826. The summed E-state index contributed by atoms with van der Waals surface area (Å²) in [5.74, 6) is 0. The van der Waals surface area contributed by atoms with Crippen LogP contribution >= 0.6 is 0 Å². The van der Waals surface area contributed by atoms with E-state index in [1.165, 1.54) is 184 Å². The zero-order chi connectivity index (χ0) is 77.7. The fourth-order valence-electron chi connectivity index (χ4n) is 18.6. The maximum Gasteiger partial charge on any atom is 0.252 e. The van der Waals surface area contributed by atoms with Gasteiger partial charge in [0.25, 0.3) is 13.4 Å². The number of anilines is 12. The number of nitrogens with zero attached hydrogens (tertiary/aromatic N) is 4. The largest absolute Gasteiger partial charge is 0.311 e. The van der Waals surface area contributed by atoms with Crippen LogP contribution in [0, 0.1) is 13.8 Å². The number of para-hydroxylation sites is 3. The smallest absolute Gasteiger partial charge is 0.252 e. The minimum absolute atomic E-state index is 0.0662. The summed E-state index contributed by atoms with van der Waals surface area (Å²) in [5, 5.41) is 0. The monoisotopic (exact) mass is 1450 g/mol. The van der Waals surface area contributed by atoms with Crippen molar-refractivity contribution in [1.82, 2.24) is 0 Å². The van der Waals surface area contributed by atoms with Gasteiger partial charge >= 0.3 is 0 Å². The number of fused-ring (bicyclic) bond motifs is 8. The lowest BCUT2D eigenvalue weighted by Gasteiger charge is -2.46. The normalized spacial score (nSPS) is 13.6. The van der Waals surface area contributed by atoms with Crippen LogP contribution in [0.4, 0.5) is 68.2 Å². The Labute approximate surface area is 666 Å². The molecule has 0 radical (unpaired) electrons. The number of hydrogen-bond donors (Lipinski definition) is 0. The molecule has 0 unspecified atom stereocenters. The van der Waals surface area contributed by atoms with Crippen molar-refractivity contribution in [3.63, 3.8) is 0 Å². The molecule has 4 aliphatic heterocycles. The van der Waals surface area contributed by atoms with Crippen molar-refractivity contribution in [3.8, 4) is 44.5 Å². The molecule has 0 bridgehead atoms. The van der Waals surface area contributed by atoms with Gasteiger partial charge in [0.2, 0.25) is 0 Å². The molecular formula is C106H100B2N4. The van der Waals surface area contributed by atoms with E-state index >= 15 is 0 Å². The average Bonchev–Trinajstić information content (AvgIpc) is 0.696. The standard InChI is InChI=1S/C106H100B2N4/c1-68-55-94-99-96(57-68)111(101-84(73-39-26-19-27-40-73)63-78(105(12,13)14)64-85(101)74-41-28-20-29-42-74)90-48-33-32-47-86(90)108(99)89-59-70(49-54-91(89)109(94)80-43-30-21-31-44-80)67-106(15,16)79-60-77(104(9,10)11)61-81(62-79)110-92-65-75(102(3,4)5)50-52-87(92)107-88-53-51-76(103(6,7)8)66-93(88)112(97-58-69(2)56-95(110)98(97)107)100-82(71-35-22-17-23-36-71)45-34-46-83(100)72-37-24-18-25-38-72/h17-66H,67H2,1-16H3. The second-order valence-corrected chi connectivity index (χ2v) is 36.9. The Morgan fingerprint density at radius 2 is 0.607 bits per heavy atom. The van der Waals surface area contributed by atoms with E-state index in [0.29, 0.717) is 0 Å². The van der Waals surface area contributed by atoms with Gasteiger partial charge in [0.1, 0.15) is 0 Å². The Morgan fingerprint density at radius 3 is 1.09 bits per heavy atom.